The molecule has 0 aliphatic carbocycles. The summed E-state index contributed by atoms with van der Waals surface area (Å²) in [6.45, 7) is 1.36. The van der Waals surface area contributed by atoms with Gasteiger partial charge in [0, 0.05) is 70.5 Å². The second-order valence-electron chi connectivity index (χ2n) is 14.7. The lowest BCUT2D eigenvalue weighted by Gasteiger charge is -2.37. The molecule has 11 N–H and O–H groups in total. The second-order valence-corrected chi connectivity index (χ2v) is 14.7. The van der Waals surface area contributed by atoms with Crippen LogP contribution < -0.4 is 43.0 Å². The molecule has 22 heteroatoms. The third-order valence-corrected chi connectivity index (χ3v) is 10.5. The van der Waals surface area contributed by atoms with Crippen LogP contribution >= 0.6 is 0 Å². The monoisotopic (exact) mass is 867 g/mol. The molecule has 61 heavy (non-hydrogen) atoms. The first-order valence-corrected chi connectivity index (χ1v) is 19.6. The van der Waals surface area contributed by atoms with E-state index in [1.807, 2.05) is 29.2 Å². The highest BCUT2D eigenvalue weighted by molar-refractivity contribution is 5.80. The van der Waals surface area contributed by atoms with Crippen LogP contribution in [0.4, 0.5) is 18.9 Å². The maximum atomic E-state index is 12.9. The van der Waals surface area contributed by atoms with Crippen LogP contribution in [0.25, 0.3) is 0 Å². The van der Waals surface area contributed by atoms with Gasteiger partial charge >= 0.3 is 11.9 Å². The number of hydrogen-bond donors (Lipinski definition) is 9. The van der Waals surface area contributed by atoms with Crippen LogP contribution in [0.3, 0.4) is 0 Å². The van der Waals surface area contributed by atoms with Gasteiger partial charge in [-0.25, -0.2) is 4.79 Å². The molecule has 2 saturated heterocycles. The van der Waals surface area contributed by atoms with E-state index in [0.717, 1.165) is 42.8 Å². The zero-order chi connectivity index (χ0) is 44.4. The van der Waals surface area contributed by atoms with E-state index >= 15 is 0 Å². The number of hydrogen-bond acceptors (Lipinski definition) is 15. The van der Waals surface area contributed by atoms with Gasteiger partial charge in [-0.1, -0.05) is 12.1 Å². The van der Waals surface area contributed by atoms with Crippen molar-refractivity contribution in [3.05, 3.63) is 92.8 Å². The lowest BCUT2D eigenvalue weighted by Crippen LogP contribution is -2.60. The van der Waals surface area contributed by atoms with Crippen LogP contribution in [0.1, 0.15) is 43.0 Å². The molecule has 19 nitrogen and oxygen atoms in total. The fourth-order valence-corrected chi connectivity index (χ4v) is 7.11. The number of rotatable bonds is 20. The molecule has 3 heterocycles. The average molecular weight is 868 g/mol. The maximum Gasteiger partial charge on any atom is 0.416 e. The minimum Gasteiger partial charge on any atom is -0.490 e. The number of halogens is 3. The number of primary amides is 1. The predicted molar refractivity (Wildman–Crippen MR) is 210 cm³/mol. The molecule has 3 aromatic rings. The number of aliphatic hydroxyl groups excluding tert-OH is 4. The third-order valence-electron chi connectivity index (χ3n) is 10.5. The third kappa shape index (κ3) is 12.4. The number of methoxy groups -OCH3 is 1. The van der Waals surface area contributed by atoms with Gasteiger partial charge in [0.1, 0.15) is 54.5 Å². The van der Waals surface area contributed by atoms with Crippen LogP contribution in [0.2, 0.25) is 0 Å². The quantitative estimate of drug-likeness (QED) is 0.0604. The van der Waals surface area contributed by atoms with Gasteiger partial charge in [-0.05, 0) is 54.9 Å². The number of carbonyl (C=O) groups is 2. The van der Waals surface area contributed by atoms with Gasteiger partial charge in [0.25, 0.3) is 5.56 Å². The van der Waals surface area contributed by atoms with E-state index in [4.69, 9.17) is 30.4 Å². The highest BCUT2D eigenvalue weighted by atomic mass is 19.4. The molecule has 1 aromatic heterocycles. The molecule has 2 aliphatic rings. The Morgan fingerprint density at radius 3 is 2.25 bits per heavy atom. The summed E-state index contributed by atoms with van der Waals surface area (Å²) in [6, 6.07) is 11.7. The van der Waals surface area contributed by atoms with Crippen LogP contribution in [0, 0.1) is 0 Å². The van der Waals surface area contributed by atoms with Gasteiger partial charge in [0.2, 0.25) is 11.8 Å². The Balaban J connectivity index is 1.12. The Labute approximate surface area is 347 Å². The average Bonchev–Trinajstić information content (AvgIpc) is 3.50. The van der Waals surface area contributed by atoms with Crippen molar-refractivity contribution in [1.82, 2.24) is 20.2 Å². The highest BCUT2D eigenvalue weighted by Crippen LogP contribution is 2.32. The zero-order valence-electron chi connectivity index (χ0n) is 33.1. The molecule has 9 atom stereocenters. The summed E-state index contributed by atoms with van der Waals surface area (Å²) in [6.07, 6.45) is -15.4. The number of ether oxygens (including phenoxy) is 4. The fourth-order valence-electron chi connectivity index (χ4n) is 7.11. The van der Waals surface area contributed by atoms with E-state index in [-0.39, 0.29) is 44.5 Å². The Kier molecular flexibility index (Phi) is 16.4. The van der Waals surface area contributed by atoms with Crippen molar-refractivity contribution in [2.75, 3.05) is 38.2 Å². The number of H-pyrrole nitrogens is 1. The maximum absolute atomic E-state index is 12.9. The summed E-state index contributed by atoms with van der Waals surface area (Å²) in [4.78, 5) is 53.7. The number of nitrogens with two attached hydrogens (primary N) is 2. The molecule has 336 valence electrons. The number of aromatic amines is 1. The minimum atomic E-state index is -4.41. The molecule has 0 bridgehead atoms. The summed E-state index contributed by atoms with van der Waals surface area (Å²) < 4.78 is 62.0. The number of nitrogens with zero attached hydrogens (tertiary/aromatic N) is 2. The minimum absolute atomic E-state index is 0.00454. The number of aliphatic hydroxyl groups is 4. The molecule has 9 unspecified atom stereocenters. The summed E-state index contributed by atoms with van der Waals surface area (Å²) in [5, 5.41) is 48.8. The van der Waals surface area contributed by atoms with E-state index < -0.39 is 84.1 Å². The number of benzene rings is 2. The summed E-state index contributed by atoms with van der Waals surface area (Å²) in [5.74, 6) is -0.965. The Morgan fingerprint density at radius 2 is 1.67 bits per heavy atom. The number of anilines is 1. The molecule has 2 aliphatic heterocycles. The first kappa shape index (κ1) is 47.1. The number of piperidine rings is 1. The number of nitrogens with one attached hydrogen (secondary N) is 3. The van der Waals surface area contributed by atoms with Crippen molar-refractivity contribution in [3.8, 4) is 5.75 Å². The van der Waals surface area contributed by atoms with E-state index in [0.29, 0.717) is 36.2 Å². The molecular formula is C39H52F3N7O12. The van der Waals surface area contributed by atoms with Crippen molar-refractivity contribution >= 4 is 17.5 Å². The normalized spacial score (nSPS) is 22.3. The molecular weight excluding hydrogens is 815 g/mol. The number of alkyl halides is 3. The first-order chi connectivity index (χ1) is 29.0. The molecule has 0 saturated carbocycles. The molecule has 0 radical (unpaired) electrons. The molecule has 2 amide bonds. The predicted octanol–water partition coefficient (Wildman–Crippen LogP) is -1.20. The van der Waals surface area contributed by atoms with E-state index in [9.17, 15) is 52.8 Å². The first-order valence-electron chi connectivity index (χ1n) is 19.6. The summed E-state index contributed by atoms with van der Waals surface area (Å²) in [7, 11) is 1.10. The second kappa shape index (κ2) is 21.3. The Hall–Kier alpha value is -4.91. The summed E-state index contributed by atoms with van der Waals surface area (Å²) >= 11 is 0. The van der Waals surface area contributed by atoms with E-state index in [2.05, 4.69) is 15.5 Å². The Morgan fingerprint density at radius 1 is 1.00 bits per heavy atom. The van der Waals surface area contributed by atoms with Crippen molar-refractivity contribution in [2.24, 2.45) is 11.5 Å². The van der Waals surface area contributed by atoms with Gasteiger partial charge in [0.05, 0.1) is 5.56 Å². The van der Waals surface area contributed by atoms with Gasteiger partial charge < -0.3 is 66.4 Å². The molecule has 2 fully saturated rings. The zero-order valence-corrected chi connectivity index (χ0v) is 33.1. The van der Waals surface area contributed by atoms with Crippen molar-refractivity contribution in [3.63, 3.8) is 0 Å². The van der Waals surface area contributed by atoms with Crippen molar-refractivity contribution < 1.29 is 62.1 Å². The van der Waals surface area contributed by atoms with E-state index in [1.165, 1.54) is 12.1 Å². The number of amides is 2. The largest absolute Gasteiger partial charge is 0.490 e. The highest BCUT2D eigenvalue weighted by Gasteiger charge is 2.48. The lowest BCUT2D eigenvalue weighted by molar-refractivity contribution is -0.236. The van der Waals surface area contributed by atoms with Gasteiger partial charge in [-0.15, -0.1) is 0 Å². The van der Waals surface area contributed by atoms with Crippen LogP contribution in [0.15, 0.2) is 70.4 Å². The Bertz CT molecular complexity index is 2000. The van der Waals surface area contributed by atoms with Crippen molar-refractivity contribution in [1.29, 1.82) is 0 Å². The van der Waals surface area contributed by atoms with Gasteiger partial charge in [-0.3, -0.25) is 23.9 Å². The molecule has 2 aromatic carbocycles. The summed E-state index contributed by atoms with van der Waals surface area (Å²) in [5.41, 5.74) is 10.6. The molecule has 5 rings (SSSR count). The number of carbonyl (C=O) groups excluding carboxylic acids is 2. The van der Waals surface area contributed by atoms with Crippen LogP contribution in [0.5, 0.6) is 5.75 Å². The van der Waals surface area contributed by atoms with Crippen LogP contribution in [-0.4, -0.2) is 130 Å². The number of aromatic nitrogens is 2. The smallest absolute Gasteiger partial charge is 0.416 e. The standard InChI is InChI=1S/C39H52F3N7O12/c1-58-34(32(54)36(56)49-18-14-28(51)47-38(49)57)33(61-37-31(53)30(52)26(19-43)60-37)29(35(44)55)45-15-2-3-27(50)46-20-21-4-8-23(9-5-21)48-16-12-25(13-17-48)59-24-10-6-22(7-11-24)39(40,41)42/h4-11,14,18,25-26,29-34,36-37,45,52-54,56H,2-3,12-13,15-17,19-20,43H2,1H3,(H2,44,55)(H,46,50)(H,47,51,57). The van der Waals surface area contributed by atoms with Gasteiger partial charge in [0.15, 0.2) is 12.5 Å². The van der Waals surface area contributed by atoms with Crippen molar-refractivity contribution in [2.45, 2.75) is 99.7 Å². The van der Waals surface area contributed by atoms with E-state index in [1.54, 1.807) is 0 Å². The van der Waals surface area contributed by atoms with Gasteiger partial charge in [-0.2, -0.15) is 13.2 Å². The topological polar surface area (TPSA) is 286 Å². The lowest BCUT2D eigenvalue weighted by atomic mass is 9.98. The SMILES string of the molecule is COC(C(O)C(O)n1ccc(=O)[nH]c1=O)C(OC1OC(CN)C(O)C1O)C(NCCCC(=O)NCc1ccc(N2CCC(Oc3ccc(C(F)(F)F)cc3)CC2)cc1)C(N)=O. The fraction of sp³-hybridized carbons (Fsp3) is 0.538. The van der Waals surface area contributed by atoms with Crippen LogP contribution in [-0.2, 0) is 36.5 Å². The molecule has 0 spiro atoms.